The summed E-state index contributed by atoms with van der Waals surface area (Å²) in [5.74, 6) is 0. The second-order valence-corrected chi connectivity index (χ2v) is 2.52. The first kappa shape index (κ1) is 8.88. The van der Waals surface area contributed by atoms with Crippen LogP contribution >= 0.6 is 0 Å². The summed E-state index contributed by atoms with van der Waals surface area (Å²) in [5.41, 5.74) is 0. The van der Waals surface area contributed by atoms with Crippen LogP contribution in [-0.2, 0) is 0 Å². The molecule has 0 aliphatic carbocycles. The van der Waals surface area contributed by atoms with E-state index in [1.165, 1.54) is 0 Å². The van der Waals surface area contributed by atoms with Crippen LogP contribution in [0.3, 0.4) is 0 Å². The number of rotatable bonds is 3. The van der Waals surface area contributed by atoms with Gasteiger partial charge in [0.05, 0.1) is 0 Å². The smallest absolute Gasteiger partial charge is 0.109 e. The first-order valence-electron chi connectivity index (χ1n) is 3.14. The van der Waals surface area contributed by atoms with E-state index >= 15 is 0 Å². The van der Waals surface area contributed by atoms with Gasteiger partial charge in [-0.05, 0) is 13.8 Å². The Morgan fingerprint density at radius 1 is 1.33 bits per heavy atom. The molecule has 9 heavy (non-hydrogen) atoms. The van der Waals surface area contributed by atoms with Crippen LogP contribution in [0, 0.1) is 0 Å². The minimum Gasteiger partial charge on any atom is -0.380 e. The molecule has 0 amide bonds. The van der Waals surface area contributed by atoms with Gasteiger partial charge in [-0.3, -0.25) is 0 Å². The molecule has 0 heterocycles. The largest absolute Gasteiger partial charge is 0.380 e. The van der Waals surface area contributed by atoms with E-state index in [4.69, 9.17) is 5.11 Å². The summed E-state index contributed by atoms with van der Waals surface area (Å²) in [6, 6.07) is 0.366. The van der Waals surface area contributed by atoms with Crippen molar-refractivity contribution in [3.63, 3.8) is 0 Å². The Balaban J connectivity index is 3.68. The minimum atomic E-state index is 0.0880. The van der Waals surface area contributed by atoms with Crippen LogP contribution in [0.25, 0.3) is 0 Å². The zero-order chi connectivity index (χ0) is 7.44. The fourth-order valence-corrected chi connectivity index (χ4v) is 0.752. The van der Waals surface area contributed by atoms with Crippen molar-refractivity contribution < 1.29 is 5.11 Å². The first-order valence-corrected chi connectivity index (χ1v) is 3.14. The molecule has 0 aromatic heterocycles. The summed E-state index contributed by atoms with van der Waals surface area (Å²) in [5, 5.41) is 12.5. The number of aliphatic hydroxyl groups is 1. The molecular weight excluding hydrogens is 116 g/mol. The summed E-state index contributed by atoms with van der Waals surface area (Å²) in [4.78, 5) is 0. The fourth-order valence-electron chi connectivity index (χ4n) is 0.752. The van der Waals surface area contributed by atoms with Crippen LogP contribution in [0.4, 0.5) is 0 Å². The molecule has 1 N–H and O–H groups in total. The van der Waals surface area contributed by atoms with Gasteiger partial charge >= 0.3 is 0 Å². The van der Waals surface area contributed by atoms with E-state index in [-0.39, 0.29) is 6.73 Å². The Kier molecular flexibility index (Phi) is 3.77. The molecule has 0 unspecified atom stereocenters. The summed E-state index contributed by atoms with van der Waals surface area (Å²) in [6.07, 6.45) is 0. The third-order valence-corrected chi connectivity index (χ3v) is 1.25. The summed E-state index contributed by atoms with van der Waals surface area (Å²) < 4.78 is 0. The molecule has 0 atom stereocenters. The summed E-state index contributed by atoms with van der Waals surface area (Å²) >= 11 is 0. The zero-order valence-electron chi connectivity index (χ0n) is 6.63. The molecule has 0 fully saturated rings. The molecule has 0 aromatic carbocycles. The highest BCUT2D eigenvalue weighted by atomic mass is 16.3. The SMILES string of the molecule is CC(C)N(CO)N(C)C. The number of hydrogen-bond acceptors (Lipinski definition) is 3. The highest BCUT2D eigenvalue weighted by Gasteiger charge is 2.08. The van der Waals surface area contributed by atoms with Crippen molar-refractivity contribution in [2.75, 3.05) is 20.8 Å². The molecule has 0 aliphatic heterocycles. The highest BCUT2D eigenvalue weighted by molar-refractivity contribution is 4.50. The van der Waals surface area contributed by atoms with E-state index in [9.17, 15) is 0 Å². The predicted molar refractivity (Wildman–Crippen MR) is 37.7 cm³/mol. The fraction of sp³-hybridized carbons (Fsp3) is 1.00. The van der Waals surface area contributed by atoms with E-state index in [0.717, 1.165) is 0 Å². The van der Waals surface area contributed by atoms with Crippen molar-refractivity contribution >= 4 is 0 Å². The predicted octanol–water partition coefficient (Wildman–Crippen LogP) is 0.123. The molecule has 3 nitrogen and oxygen atoms in total. The lowest BCUT2D eigenvalue weighted by Gasteiger charge is -2.29. The molecule has 0 rings (SSSR count). The quantitative estimate of drug-likeness (QED) is 0.436. The number of nitrogens with zero attached hydrogens (tertiary/aromatic N) is 2. The van der Waals surface area contributed by atoms with Gasteiger partial charge in [0.1, 0.15) is 6.73 Å². The average molecular weight is 132 g/mol. The maximum Gasteiger partial charge on any atom is 0.109 e. The van der Waals surface area contributed by atoms with Gasteiger partial charge < -0.3 is 5.11 Å². The van der Waals surface area contributed by atoms with E-state index in [1.807, 2.05) is 38.0 Å². The van der Waals surface area contributed by atoms with Crippen molar-refractivity contribution in [2.24, 2.45) is 0 Å². The molecule has 0 aromatic rings. The molecular formula is C6H16N2O. The van der Waals surface area contributed by atoms with Crippen molar-refractivity contribution in [3.8, 4) is 0 Å². The van der Waals surface area contributed by atoms with Gasteiger partial charge in [0, 0.05) is 20.1 Å². The first-order chi connectivity index (χ1) is 4.09. The van der Waals surface area contributed by atoms with Gasteiger partial charge in [0.2, 0.25) is 0 Å². The Morgan fingerprint density at radius 2 is 1.78 bits per heavy atom. The lowest BCUT2D eigenvalue weighted by atomic mass is 10.4. The Morgan fingerprint density at radius 3 is 1.78 bits per heavy atom. The highest BCUT2D eigenvalue weighted by Crippen LogP contribution is 1.96. The normalized spacial score (nSPS) is 12.0. The van der Waals surface area contributed by atoms with Crippen LogP contribution in [0.2, 0.25) is 0 Å². The molecule has 0 spiro atoms. The lowest BCUT2D eigenvalue weighted by molar-refractivity contribution is -0.0705. The monoisotopic (exact) mass is 132 g/mol. The maximum atomic E-state index is 8.75. The van der Waals surface area contributed by atoms with Gasteiger partial charge in [0.25, 0.3) is 0 Å². The Labute approximate surface area is 56.8 Å². The van der Waals surface area contributed by atoms with Gasteiger partial charge in [0.15, 0.2) is 0 Å². The average Bonchev–Trinajstić information content (AvgIpc) is 1.64. The zero-order valence-corrected chi connectivity index (χ0v) is 6.63. The topological polar surface area (TPSA) is 26.7 Å². The van der Waals surface area contributed by atoms with E-state index < -0.39 is 0 Å². The molecule has 0 saturated heterocycles. The summed E-state index contributed by atoms with van der Waals surface area (Å²) in [7, 11) is 3.83. The third-order valence-electron chi connectivity index (χ3n) is 1.25. The van der Waals surface area contributed by atoms with Gasteiger partial charge in [-0.1, -0.05) is 0 Å². The molecule has 3 heteroatoms. The number of hydrogen-bond donors (Lipinski definition) is 1. The molecule has 0 radical (unpaired) electrons. The van der Waals surface area contributed by atoms with Gasteiger partial charge in [-0.2, -0.15) is 0 Å². The standard InChI is InChI=1S/C6H16N2O/c1-6(2)8(5-9)7(3)4/h6,9H,5H2,1-4H3. The van der Waals surface area contributed by atoms with Gasteiger partial charge in [-0.15, -0.1) is 0 Å². The minimum absolute atomic E-state index is 0.0880. The maximum absolute atomic E-state index is 8.75. The number of aliphatic hydroxyl groups excluding tert-OH is 1. The molecule has 0 aliphatic rings. The third kappa shape index (κ3) is 2.79. The second kappa shape index (κ2) is 3.82. The van der Waals surface area contributed by atoms with Crippen molar-refractivity contribution in [1.29, 1.82) is 0 Å². The van der Waals surface area contributed by atoms with Crippen LogP contribution in [-0.4, -0.2) is 42.0 Å². The Bertz CT molecular complexity index is 65.5. The van der Waals surface area contributed by atoms with Crippen LogP contribution < -0.4 is 0 Å². The van der Waals surface area contributed by atoms with E-state index in [0.29, 0.717) is 6.04 Å². The van der Waals surface area contributed by atoms with Crippen LogP contribution in [0.5, 0.6) is 0 Å². The molecule has 56 valence electrons. The van der Waals surface area contributed by atoms with E-state index in [1.54, 1.807) is 0 Å². The molecule has 0 saturated carbocycles. The Hall–Kier alpha value is -0.120. The van der Waals surface area contributed by atoms with Crippen molar-refractivity contribution in [2.45, 2.75) is 19.9 Å². The summed E-state index contributed by atoms with van der Waals surface area (Å²) in [6.45, 7) is 4.16. The van der Waals surface area contributed by atoms with Crippen LogP contribution in [0.1, 0.15) is 13.8 Å². The van der Waals surface area contributed by atoms with Crippen molar-refractivity contribution in [3.05, 3.63) is 0 Å². The van der Waals surface area contributed by atoms with Gasteiger partial charge in [-0.25, -0.2) is 10.0 Å². The van der Waals surface area contributed by atoms with Crippen LogP contribution in [0.15, 0.2) is 0 Å². The van der Waals surface area contributed by atoms with Crippen molar-refractivity contribution in [1.82, 2.24) is 10.0 Å². The molecule has 0 bridgehead atoms. The van der Waals surface area contributed by atoms with E-state index in [2.05, 4.69) is 0 Å². The number of hydrazine groups is 1. The lowest BCUT2D eigenvalue weighted by Crippen LogP contribution is -2.42. The second-order valence-electron chi connectivity index (χ2n) is 2.52.